The molecule has 2 aromatic rings. The van der Waals surface area contributed by atoms with Gasteiger partial charge in [0.2, 0.25) is 5.75 Å². The largest absolute Gasteiger partial charge is 0.495 e. The predicted molar refractivity (Wildman–Crippen MR) is 123 cm³/mol. The van der Waals surface area contributed by atoms with Gasteiger partial charge in [0.15, 0.2) is 17.5 Å². The zero-order valence-electron chi connectivity index (χ0n) is 19.4. The molecule has 1 atom stereocenters. The molecular formula is C23H27N4O7+. The molecule has 11 nitrogen and oxygen atoms in total. The Hall–Kier alpha value is -4.12. The van der Waals surface area contributed by atoms with Crippen LogP contribution in [0.3, 0.4) is 0 Å². The van der Waals surface area contributed by atoms with Gasteiger partial charge in [-0.25, -0.2) is 0 Å². The van der Waals surface area contributed by atoms with E-state index in [1.807, 2.05) is 6.07 Å². The first-order valence-corrected chi connectivity index (χ1v) is 10.3. The van der Waals surface area contributed by atoms with Crippen LogP contribution < -0.4 is 30.0 Å². The summed E-state index contributed by atoms with van der Waals surface area (Å²) in [5, 5.41) is 20.2. The number of hydrogen-bond donors (Lipinski definition) is 3. The third-order valence-electron chi connectivity index (χ3n) is 5.22. The SMILES string of the molecule is COc1ccc(C2=C(c3cc(OC)c(OC)c(OC)c3)N=NC2)cc1NC(=O)C([NH3+])CC(=O)O. The Labute approximate surface area is 196 Å². The molecule has 0 aromatic heterocycles. The predicted octanol–water partition coefficient (Wildman–Crippen LogP) is 2.08. The fourth-order valence-electron chi connectivity index (χ4n) is 3.52. The summed E-state index contributed by atoms with van der Waals surface area (Å²) in [6.07, 6.45) is -0.387. The van der Waals surface area contributed by atoms with Crippen LogP contribution in [0.1, 0.15) is 17.5 Å². The van der Waals surface area contributed by atoms with Crippen LogP contribution >= 0.6 is 0 Å². The van der Waals surface area contributed by atoms with Crippen molar-refractivity contribution in [3.63, 3.8) is 0 Å². The number of carboxylic acid groups (broad SMARTS) is 1. The highest BCUT2D eigenvalue weighted by molar-refractivity contribution is 5.99. The van der Waals surface area contributed by atoms with Crippen molar-refractivity contribution in [1.29, 1.82) is 0 Å². The number of aliphatic carboxylic acids is 1. The molecule has 0 radical (unpaired) electrons. The third-order valence-corrected chi connectivity index (χ3v) is 5.22. The summed E-state index contributed by atoms with van der Waals surface area (Å²) in [6.45, 7) is 0.322. The molecular weight excluding hydrogens is 444 g/mol. The van der Waals surface area contributed by atoms with Crippen LogP contribution in [0.2, 0.25) is 0 Å². The van der Waals surface area contributed by atoms with Gasteiger partial charge in [0, 0.05) is 11.1 Å². The second-order valence-electron chi connectivity index (χ2n) is 7.34. The molecule has 1 aliphatic rings. The van der Waals surface area contributed by atoms with Crippen LogP contribution in [-0.2, 0) is 9.59 Å². The number of azo groups is 1. The van der Waals surface area contributed by atoms with Gasteiger partial charge in [0.25, 0.3) is 5.91 Å². The molecule has 11 heteroatoms. The first kappa shape index (κ1) is 24.5. The maximum absolute atomic E-state index is 12.5. The molecule has 34 heavy (non-hydrogen) atoms. The van der Waals surface area contributed by atoms with Gasteiger partial charge < -0.3 is 35.1 Å². The van der Waals surface area contributed by atoms with Crippen LogP contribution in [0, 0.1) is 0 Å². The summed E-state index contributed by atoms with van der Waals surface area (Å²) in [6, 6.07) is 7.87. The molecule has 0 spiro atoms. The lowest BCUT2D eigenvalue weighted by atomic mass is 9.99. The number of rotatable bonds is 10. The molecule has 0 saturated carbocycles. The van der Waals surface area contributed by atoms with Crippen molar-refractivity contribution in [3.8, 4) is 23.0 Å². The lowest BCUT2D eigenvalue weighted by Gasteiger charge is -2.15. The number of hydrogen-bond acceptors (Lipinski definition) is 8. The minimum atomic E-state index is -1.11. The van der Waals surface area contributed by atoms with Gasteiger partial charge in [0.05, 0.1) is 46.4 Å². The summed E-state index contributed by atoms with van der Waals surface area (Å²) in [4.78, 5) is 23.4. The average Bonchev–Trinajstić information content (AvgIpc) is 3.32. The van der Waals surface area contributed by atoms with Crippen molar-refractivity contribution in [3.05, 3.63) is 41.5 Å². The van der Waals surface area contributed by atoms with E-state index in [0.717, 1.165) is 11.1 Å². The van der Waals surface area contributed by atoms with E-state index in [-0.39, 0.29) is 6.42 Å². The van der Waals surface area contributed by atoms with Gasteiger partial charge in [-0.15, -0.1) is 0 Å². The lowest BCUT2D eigenvalue weighted by molar-refractivity contribution is -0.401. The van der Waals surface area contributed by atoms with Crippen LogP contribution in [0.5, 0.6) is 23.0 Å². The van der Waals surface area contributed by atoms with Crippen molar-refractivity contribution in [1.82, 2.24) is 0 Å². The monoisotopic (exact) mass is 471 g/mol. The standard InChI is InChI=1S/C23H26N4O7/c1-31-17-6-5-12(7-16(17)26-23(30)15(24)10-20(28)29)14-11-25-27-21(14)13-8-18(32-2)22(34-4)19(9-13)33-3/h5-9,15H,10-11,24H2,1-4H3,(H,26,30)(H,28,29)/p+1. The Balaban J connectivity index is 2.03. The van der Waals surface area contributed by atoms with Crippen molar-refractivity contribution >= 4 is 28.8 Å². The molecule has 1 unspecified atom stereocenters. The zero-order chi connectivity index (χ0) is 24.8. The van der Waals surface area contributed by atoms with Crippen molar-refractivity contribution in [2.24, 2.45) is 10.2 Å². The minimum Gasteiger partial charge on any atom is -0.495 e. The summed E-state index contributed by atoms with van der Waals surface area (Å²) in [7, 11) is 6.07. The highest BCUT2D eigenvalue weighted by atomic mass is 16.5. The second-order valence-corrected chi connectivity index (χ2v) is 7.34. The van der Waals surface area contributed by atoms with Crippen LogP contribution in [0.25, 0.3) is 11.3 Å². The first-order chi connectivity index (χ1) is 16.3. The molecule has 180 valence electrons. The Morgan fingerprint density at radius 1 is 1.00 bits per heavy atom. The number of anilines is 1. The topological polar surface area (TPSA) is 156 Å². The highest BCUT2D eigenvalue weighted by Gasteiger charge is 2.24. The van der Waals surface area contributed by atoms with Gasteiger partial charge in [-0.2, -0.15) is 10.2 Å². The number of amides is 1. The zero-order valence-corrected chi connectivity index (χ0v) is 19.4. The van der Waals surface area contributed by atoms with Gasteiger partial charge in [-0.1, -0.05) is 6.07 Å². The van der Waals surface area contributed by atoms with Crippen molar-refractivity contribution in [2.75, 3.05) is 40.3 Å². The van der Waals surface area contributed by atoms with Crippen LogP contribution in [-0.4, -0.2) is 58.0 Å². The number of nitrogens with zero attached hydrogens (tertiary/aromatic N) is 2. The van der Waals surface area contributed by atoms with E-state index in [1.165, 1.54) is 28.4 Å². The molecule has 0 saturated heterocycles. The number of benzene rings is 2. The quantitative estimate of drug-likeness (QED) is 0.479. The molecule has 5 N–H and O–H groups in total. The molecule has 0 fully saturated rings. The smallest absolute Gasteiger partial charge is 0.309 e. The van der Waals surface area contributed by atoms with E-state index < -0.39 is 17.9 Å². The number of carbonyl (C=O) groups excluding carboxylic acids is 1. The van der Waals surface area contributed by atoms with Gasteiger partial charge in [-0.05, 0) is 29.8 Å². The number of quaternary nitrogens is 1. The van der Waals surface area contributed by atoms with Gasteiger partial charge in [-0.3, -0.25) is 9.59 Å². The highest BCUT2D eigenvalue weighted by Crippen LogP contribution is 2.43. The maximum Gasteiger partial charge on any atom is 0.309 e. The molecule has 0 aliphatic carbocycles. The fraction of sp³-hybridized carbons (Fsp3) is 0.304. The number of carbonyl (C=O) groups is 2. The Morgan fingerprint density at radius 2 is 1.65 bits per heavy atom. The molecule has 2 aromatic carbocycles. The third kappa shape index (κ3) is 5.09. The second kappa shape index (κ2) is 10.7. The van der Waals surface area contributed by atoms with E-state index >= 15 is 0 Å². The Bertz CT molecular complexity index is 1130. The lowest BCUT2D eigenvalue weighted by Crippen LogP contribution is -2.66. The van der Waals surface area contributed by atoms with E-state index in [2.05, 4.69) is 21.3 Å². The molecule has 3 rings (SSSR count). The van der Waals surface area contributed by atoms with Crippen molar-refractivity contribution < 1.29 is 39.4 Å². The van der Waals surface area contributed by atoms with E-state index in [9.17, 15) is 9.59 Å². The minimum absolute atomic E-state index is 0.322. The summed E-state index contributed by atoms with van der Waals surface area (Å²) in [5.74, 6) is 0.204. The Morgan fingerprint density at radius 3 is 2.21 bits per heavy atom. The Kier molecular flexibility index (Phi) is 7.69. The number of methoxy groups -OCH3 is 4. The van der Waals surface area contributed by atoms with Crippen LogP contribution in [0.4, 0.5) is 5.69 Å². The van der Waals surface area contributed by atoms with Crippen LogP contribution in [0.15, 0.2) is 40.6 Å². The van der Waals surface area contributed by atoms with Gasteiger partial charge >= 0.3 is 5.97 Å². The van der Waals surface area contributed by atoms with E-state index in [4.69, 9.17) is 24.1 Å². The summed E-state index contributed by atoms with van der Waals surface area (Å²) in [5.41, 5.74) is 6.89. The average molecular weight is 471 g/mol. The molecule has 0 bridgehead atoms. The van der Waals surface area contributed by atoms with Gasteiger partial charge in [0.1, 0.15) is 12.2 Å². The first-order valence-electron chi connectivity index (χ1n) is 10.3. The molecule has 1 aliphatic heterocycles. The van der Waals surface area contributed by atoms with E-state index in [1.54, 1.807) is 24.3 Å². The molecule has 1 amide bonds. The normalized spacial score (nSPS) is 13.4. The van der Waals surface area contributed by atoms with Crippen molar-refractivity contribution in [2.45, 2.75) is 12.5 Å². The number of nitrogens with one attached hydrogen (secondary N) is 1. The van der Waals surface area contributed by atoms with E-state index in [0.29, 0.717) is 46.5 Å². The maximum atomic E-state index is 12.5. The molecule has 1 heterocycles. The summed E-state index contributed by atoms with van der Waals surface area (Å²) < 4.78 is 21.7. The summed E-state index contributed by atoms with van der Waals surface area (Å²) >= 11 is 0. The fourth-order valence-corrected chi connectivity index (χ4v) is 3.52. The number of carboxylic acids is 1. The number of ether oxygens (including phenoxy) is 4.